The Balaban J connectivity index is 1.39. The number of hydrogen-bond acceptors (Lipinski definition) is 4. The Labute approximate surface area is 163 Å². The molecule has 0 aromatic heterocycles. The smallest absolute Gasteiger partial charge is 0.242 e. The molecule has 2 aromatic carbocycles. The van der Waals surface area contributed by atoms with E-state index in [1.165, 1.54) is 23.0 Å². The third kappa shape index (κ3) is 3.81. The number of carbonyl (C=O) groups excluding carboxylic acids is 2. The lowest BCUT2D eigenvalue weighted by Gasteiger charge is -2.37. The van der Waals surface area contributed by atoms with Gasteiger partial charge in [0.15, 0.2) is 0 Å². The van der Waals surface area contributed by atoms with E-state index in [4.69, 9.17) is 0 Å². The van der Waals surface area contributed by atoms with Gasteiger partial charge in [0, 0.05) is 36.8 Å². The van der Waals surface area contributed by atoms with E-state index in [-0.39, 0.29) is 18.4 Å². The predicted octanol–water partition coefficient (Wildman–Crippen LogP) is 2.78. The minimum absolute atomic E-state index is 0.00504. The van der Waals surface area contributed by atoms with Gasteiger partial charge in [0.25, 0.3) is 0 Å². The van der Waals surface area contributed by atoms with Crippen molar-refractivity contribution in [3.63, 3.8) is 0 Å². The van der Waals surface area contributed by atoms with E-state index >= 15 is 0 Å². The Morgan fingerprint density at radius 2 is 1.81 bits per heavy atom. The summed E-state index contributed by atoms with van der Waals surface area (Å²) in [4.78, 5) is 32.1. The molecule has 0 N–H and O–H groups in total. The highest BCUT2D eigenvalue weighted by atomic mass is 32.2. The summed E-state index contributed by atoms with van der Waals surface area (Å²) in [6, 6.07) is 16.3. The first kappa shape index (κ1) is 17.9. The average molecular weight is 382 g/mol. The summed E-state index contributed by atoms with van der Waals surface area (Å²) in [7, 11) is 0. The molecule has 0 saturated carbocycles. The highest BCUT2D eigenvalue weighted by molar-refractivity contribution is 8.00. The van der Waals surface area contributed by atoms with E-state index in [1.54, 1.807) is 4.90 Å². The number of amides is 2. The van der Waals surface area contributed by atoms with Gasteiger partial charge in [-0.3, -0.25) is 9.59 Å². The van der Waals surface area contributed by atoms with Crippen LogP contribution in [0.2, 0.25) is 0 Å². The molecule has 2 heterocycles. The minimum Gasteiger partial charge on any atom is -0.368 e. The maximum atomic E-state index is 12.8. The summed E-state index contributed by atoms with van der Waals surface area (Å²) in [5, 5.41) is 0. The molecule has 6 heteroatoms. The summed E-state index contributed by atoms with van der Waals surface area (Å²) in [5.41, 5.74) is 3.30. The number of fused-ring (bicyclic) bond motifs is 1. The first-order chi connectivity index (χ1) is 13.1. The lowest BCUT2D eigenvalue weighted by atomic mass is 10.2. The largest absolute Gasteiger partial charge is 0.368 e. The van der Waals surface area contributed by atoms with E-state index in [1.807, 2.05) is 29.2 Å². The molecule has 0 radical (unpaired) electrons. The molecular formula is C21H23N3O2S. The molecule has 0 aliphatic carbocycles. The lowest BCUT2D eigenvalue weighted by molar-refractivity contribution is -0.131. The van der Waals surface area contributed by atoms with Gasteiger partial charge in [-0.05, 0) is 36.8 Å². The lowest BCUT2D eigenvalue weighted by Crippen LogP contribution is -2.52. The van der Waals surface area contributed by atoms with Gasteiger partial charge in [0.05, 0.1) is 11.4 Å². The molecule has 140 valence electrons. The topological polar surface area (TPSA) is 43.9 Å². The molecule has 0 atom stereocenters. The van der Waals surface area contributed by atoms with Crippen molar-refractivity contribution < 1.29 is 9.59 Å². The number of rotatable bonds is 3. The quantitative estimate of drug-likeness (QED) is 0.820. The van der Waals surface area contributed by atoms with Crippen molar-refractivity contribution in [3.05, 3.63) is 54.1 Å². The molecule has 1 saturated heterocycles. The number of nitrogens with zero attached hydrogens (tertiary/aromatic N) is 3. The van der Waals surface area contributed by atoms with Crippen LogP contribution in [0.3, 0.4) is 0 Å². The Bertz CT molecular complexity index is 862. The molecule has 2 amide bonds. The van der Waals surface area contributed by atoms with Gasteiger partial charge in [-0.1, -0.05) is 24.3 Å². The van der Waals surface area contributed by atoms with Crippen LogP contribution < -0.4 is 9.80 Å². The minimum atomic E-state index is 0.00504. The molecule has 0 bridgehead atoms. The van der Waals surface area contributed by atoms with Gasteiger partial charge in [0.2, 0.25) is 11.8 Å². The van der Waals surface area contributed by atoms with E-state index in [2.05, 4.69) is 36.1 Å². The number of carbonyl (C=O) groups is 2. The second-order valence-corrected chi connectivity index (χ2v) is 7.96. The molecule has 4 rings (SSSR count). The molecule has 27 heavy (non-hydrogen) atoms. The zero-order valence-corrected chi connectivity index (χ0v) is 16.2. The van der Waals surface area contributed by atoms with Crippen molar-refractivity contribution in [1.82, 2.24) is 4.90 Å². The van der Waals surface area contributed by atoms with Crippen molar-refractivity contribution in [3.8, 4) is 0 Å². The molecule has 1 fully saturated rings. The van der Waals surface area contributed by atoms with Crippen molar-refractivity contribution in [2.24, 2.45) is 0 Å². The summed E-state index contributed by atoms with van der Waals surface area (Å²) >= 11 is 1.54. The van der Waals surface area contributed by atoms with Crippen LogP contribution in [0.15, 0.2) is 53.4 Å². The van der Waals surface area contributed by atoms with Crippen LogP contribution in [0.4, 0.5) is 11.4 Å². The number of anilines is 2. The number of benzene rings is 2. The van der Waals surface area contributed by atoms with Crippen LogP contribution in [0.1, 0.15) is 5.56 Å². The molecule has 5 nitrogen and oxygen atoms in total. The highest BCUT2D eigenvalue weighted by Crippen LogP contribution is 2.34. The Kier molecular flexibility index (Phi) is 5.07. The Hall–Kier alpha value is -2.47. The van der Waals surface area contributed by atoms with Gasteiger partial charge in [-0.15, -0.1) is 11.8 Å². The normalized spacial score (nSPS) is 17.1. The van der Waals surface area contributed by atoms with Crippen molar-refractivity contribution in [1.29, 1.82) is 0 Å². The molecule has 2 aromatic rings. The van der Waals surface area contributed by atoms with E-state index in [0.29, 0.717) is 18.8 Å². The SMILES string of the molecule is Cc1cccc(N2CCN(C(=O)CN3C(=O)CSc4ccccc43)CC2)c1. The van der Waals surface area contributed by atoms with Crippen molar-refractivity contribution in [2.45, 2.75) is 11.8 Å². The molecule has 2 aliphatic heterocycles. The first-order valence-electron chi connectivity index (χ1n) is 9.23. The maximum absolute atomic E-state index is 12.8. The highest BCUT2D eigenvalue weighted by Gasteiger charge is 2.29. The summed E-state index contributed by atoms with van der Waals surface area (Å²) in [6.07, 6.45) is 0. The average Bonchev–Trinajstić information content (AvgIpc) is 2.70. The maximum Gasteiger partial charge on any atom is 0.242 e. The van der Waals surface area contributed by atoms with Crippen LogP contribution in [-0.4, -0.2) is 55.2 Å². The second kappa shape index (κ2) is 7.64. The number of piperazine rings is 1. The van der Waals surface area contributed by atoms with Gasteiger partial charge in [-0.2, -0.15) is 0 Å². The van der Waals surface area contributed by atoms with Gasteiger partial charge in [0.1, 0.15) is 6.54 Å². The number of para-hydroxylation sites is 1. The van der Waals surface area contributed by atoms with Crippen LogP contribution in [-0.2, 0) is 9.59 Å². The Morgan fingerprint density at radius 1 is 1.04 bits per heavy atom. The zero-order chi connectivity index (χ0) is 18.8. The van der Waals surface area contributed by atoms with Crippen LogP contribution >= 0.6 is 11.8 Å². The second-order valence-electron chi connectivity index (χ2n) is 6.94. The first-order valence-corrected chi connectivity index (χ1v) is 10.2. The Morgan fingerprint density at radius 3 is 2.59 bits per heavy atom. The fourth-order valence-electron chi connectivity index (χ4n) is 3.60. The summed E-state index contributed by atoms with van der Waals surface area (Å²) in [6.45, 7) is 5.22. The standard InChI is InChI=1S/C21H23N3O2S/c1-16-5-4-6-17(13-16)22-9-11-23(12-10-22)20(25)14-24-18-7-2-3-8-19(18)27-15-21(24)26/h2-8,13H,9-12,14-15H2,1H3. The van der Waals surface area contributed by atoms with Crippen molar-refractivity contribution >= 4 is 35.0 Å². The van der Waals surface area contributed by atoms with Crippen molar-refractivity contribution in [2.75, 3.05) is 48.3 Å². The predicted molar refractivity (Wildman–Crippen MR) is 109 cm³/mol. The van der Waals surface area contributed by atoms with E-state index in [9.17, 15) is 9.59 Å². The third-order valence-electron chi connectivity index (χ3n) is 5.10. The van der Waals surface area contributed by atoms with Crippen LogP contribution in [0.25, 0.3) is 0 Å². The summed E-state index contributed by atoms with van der Waals surface area (Å²) < 4.78 is 0. The third-order valence-corrected chi connectivity index (χ3v) is 6.15. The van der Waals surface area contributed by atoms with Crippen LogP contribution in [0, 0.1) is 6.92 Å². The van der Waals surface area contributed by atoms with Gasteiger partial charge in [-0.25, -0.2) is 0 Å². The monoisotopic (exact) mass is 381 g/mol. The van der Waals surface area contributed by atoms with Crippen LogP contribution in [0.5, 0.6) is 0 Å². The van der Waals surface area contributed by atoms with Gasteiger partial charge < -0.3 is 14.7 Å². The van der Waals surface area contributed by atoms with E-state index in [0.717, 1.165) is 23.7 Å². The number of aryl methyl sites for hydroxylation is 1. The fourth-order valence-corrected chi connectivity index (χ4v) is 4.54. The number of hydrogen-bond donors (Lipinski definition) is 0. The zero-order valence-electron chi connectivity index (χ0n) is 15.4. The molecule has 2 aliphatic rings. The molecule has 0 spiro atoms. The molecule has 0 unspecified atom stereocenters. The van der Waals surface area contributed by atoms with Gasteiger partial charge >= 0.3 is 0 Å². The summed E-state index contributed by atoms with van der Waals surface area (Å²) in [5.74, 6) is 0.421. The van der Waals surface area contributed by atoms with E-state index < -0.39 is 0 Å². The fraction of sp³-hybridized carbons (Fsp3) is 0.333. The molecular weight excluding hydrogens is 358 g/mol. The number of thioether (sulfide) groups is 1.